The predicted octanol–water partition coefficient (Wildman–Crippen LogP) is 3.26. The molecule has 1 saturated heterocycles. The number of carboxylic acid groups (broad SMARTS) is 1. The summed E-state index contributed by atoms with van der Waals surface area (Å²) in [7, 11) is -3.73. The first-order chi connectivity index (χ1) is 25.3. The minimum atomic E-state index is -3.73. The van der Waals surface area contributed by atoms with Gasteiger partial charge >= 0.3 is 11.9 Å². The predicted molar refractivity (Wildman–Crippen MR) is 194 cm³/mol. The quantitative estimate of drug-likeness (QED) is 0.111. The first kappa shape index (κ1) is 43.8. The van der Waals surface area contributed by atoms with E-state index in [4.69, 9.17) is 38.3 Å². The molecule has 296 valence electrons. The summed E-state index contributed by atoms with van der Waals surface area (Å²) in [6.07, 6.45) is 1.33. The molecule has 3 rings (SSSR count). The number of benzene rings is 2. The highest BCUT2D eigenvalue weighted by molar-refractivity contribution is 7.89. The maximum Gasteiger partial charge on any atom is 0.325 e. The van der Waals surface area contributed by atoms with E-state index < -0.39 is 33.5 Å². The van der Waals surface area contributed by atoms with Gasteiger partial charge in [0.25, 0.3) is 5.91 Å². The molecule has 0 bridgehead atoms. The number of nitrogens with zero attached hydrogens (tertiary/aromatic N) is 1. The lowest BCUT2D eigenvalue weighted by atomic mass is 9.90. The van der Waals surface area contributed by atoms with E-state index in [2.05, 4.69) is 5.32 Å². The molecular formula is C37H54N2O13S. The van der Waals surface area contributed by atoms with E-state index in [0.717, 1.165) is 11.3 Å². The lowest BCUT2D eigenvalue weighted by Crippen LogP contribution is -2.38. The summed E-state index contributed by atoms with van der Waals surface area (Å²) < 4.78 is 66.0. The van der Waals surface area contributed by atoms with Gasteiger partial charge in [0.2, 0.25) is 10.0 Å². The van der Waals surface area contributed by atoms with Crippen molar-refractivity contribution in [3.8, 4) is 5.75 Å². The number of carboxylic acids is 1. The van der Waals surface area contributed by atoms with E-state index in [-0.39, 0.29) is 35.9 Å². The number of amides is 1. The maximum absolute atomic E-state index is 13.3. The molecular weight excluding hydrogens is 712 g/mol. The molecule has 0 saturated carbocycles. The van der Waals surface area contributed by atoms with Crippen molar-refractivity contribution in [2.45, 2.75) is 56.4 Å². The van der Waals surface area contributed by atoms with Crippen LogP contribution < -0.4 is 10.1 Å². The molecule has 1 heterocycles. The molecule has 1 amide bonds. The van der Waals surface area contributed by atoms with Crippen LogP contribution in [0.3, 0.4) is 0 Å². The molecule has 0 aliphatic carbocycles. The lowest BCUT2D eigenvalue weighted by Gasteiger charge is -2.31. The number of carbonyl (C=O) groups is 3. The van der Waals surface area contributed by atoms with Crippen LogP contribution in [-0.2, 0) is 48.0 Å². The molecule has 2 aromatic carbocycles. The third kappa shape index (κ3) is 17.4. The highest BCUT2D eigenvalue weighted by atomic mass is 32.2. The molecule has 53 heavy (non-hydrogen) atoms. The standard InChI is InChI=1S/C37H54N2O13S/c1-37(2,3)52-35(42)28-38-36(43)31-6-10-33(11-7-31)53(44,45)39-15-12-30(13-16-39)29-4-8-32(9-5-29)51-27-26-50-25-24-49-23-22-48-21-20-47-19-18-46-17-14-34(40)41/h4-11,30H,12-28H2,1-3H3,(H,38,43)(H,40,41). The highest BCUT2D eigenvalue weighted by Gasteiger charge is 2.30. The smallest absolute Gasteiger partial charge is 0.325 e. The van der Waals surface area contributed by atoms with Crippen molar-refractivity contribution in [2.24, 2.45) is 0 Å². The summed E-state index contributed by atoms with van der Waals surface area (Å²) >= 11 is 0. The summed E-state index contributed by atoms with van der Waals surface area (Å²) in [5.41, 5.74) is 0.706. The Bertz CT molecular complexity index is 1490. The van der Waals surface area contributed by atoms with Crippen LogP contribution in [0.15, 0.2) is 53.4 Å². The lowest BCUT2D eigenvalue weighted by molar-refractivity contribution is -0.153. The van der Waals surface area contributed by atoms with Crippen molar-refractivity contribution in [3.05, 3.63) is 59.7 Å². The third-order valence-corrected chi connectivity index (χ3v) is 9.73. The Hall–Kier alpha value is -3.64. The maximum atomic E-state index is 13.3. The number of carbonyl (C=O) groups excluding carboxylic acids is 2. The van der Waals surface area contributed by atoms with Crippen molar-refractivity contribution in [1.82, 2.24) is 9.62 Å². The zero-order chi connectivity index (χ0) is 38.5. The molecule has 0 unspecified atom stereocenters. The Morgan fingerprint density at radius 3 is 1.72 bits per heavy atom. The topological polar surface area (TPSA) is 185 Å². The van der Waals surface area contributed by atoms with Gasteiger partial charge in [-0.25, -0.2) is 8.42 Å². The second-order valence-electron chi connectivity index (χ2n) is 13.1. The largest absolute Gasteiger partial charge is 0.491 e. The van der Waals surface area contributed by atoms with E-state index in [1.165, 1.54) is 28.6 Å². The number of sulfonamides is 1. The highest BCUT2D eigenvalue weighted by Crippen LogP contribution is 2.31. The summed E-state index contributed by atoms with van der Waals surface area (Å²) in [4.78, 5) is 34.8. The zero-order valence-electron chi connectivity index (χ0n) is 30.9. The zero-order valence-corrected chi connectivity index (χ0v) is 31.7. The van der Waals surface area contributed by atoms with E-state index in [9.17, 15) is 22.8 Å². The van der Waals surface area contributed by atoms with Crippen molar-refractivity contribution in [1.29, 1.82) is 0 Å². The average molecular weight is 767 g/mol. The summed E-state index contributed by atoms with van der Waals surface area (Å²) in [5.74, 6) is -1.00. The first-order valence-electron chi connectivity index (χ1n) is 17.8. The molecule has 1 aliphatic rings. The van der Waals surface area contributed by atoms with E-state index >= 15 is 0 Å². The normalized spacial score (nSPS) is 14.2. The molecule has 16 heteroatoms. The van der Waals surface area contributed by atoms with Gasteiger partial charge in [-0.3, -0.25) is 14.4 Å². The van der Waals surface area contributed by atoms with Crippen molar-refractivity contribution in [2.75, 3.05) is 92.3 Å². The molecule has 0 atom stereocenters. The molecule has 0 radical (unpaired) electrons. The van der Waals surface area contributed by atoms with Gasteiger partial charge in [-0.05, 0) is 81.5 Å². The van der Waals surface area contributed by atoms with Crippen LogP contribution in [0.25, 0.3) is 0 Å². The fourth-order valence-corrected chi connectivity index (χ4v) is 6.65. The van der Waals surface area contributed by atoms with E-state index in [1.54, 1.807) is 20.8 Å². The second kappa shape index (κ2) is 23.2. The van der Waals surface area contributed by atoms with Crippen LogP contribution >= 0.6 is 0 Å². The van der Waals surface area contributed by atoms with Crippen molar-refractivity contribution < 1.29 is 61.1 Å². The van der Waals surface area contributed by atoms with Crippen LogP contribution in [0, 0.1) is 0 Å². The Morgan fingerprint density at radius 1 is 0.736 bits per heavy atom. The molecule has 1 fully saturated rings. The van der Waals surface area contributed by atoms with Gasteiger partial charge < -0.3 is 43.6 Å². The SMILES string of the molecule is CC(C)(C)OC(=O)CNC(=O)c1ccc(S(=O)(=O)N2CCC(c3ccc(OCCOCCOCCOCCOCCOCCC(=O)O)cc3)CC2)cc1. The summed E-state index contributed by atoms with van der Waals surface area (Å²) in [6.45, 7) is 9.98. The van der Waals surface area contributed by atoms with Gasteiger partial charge in [-0.15, -0.1) is 0 Å². The number of hydrogen-bond donors (Lipinski definition) is 2. The van der Waals surface area contributed by atoms with Crippen molar-refractivity contribution >= 4 is 27.9 Å². The average Bonchev–Trinajstić information content (AvgIpc) is 3.13. The minimum absolute atomic E-state index is 0.0190. The number of piperidine rings is 1. The van der Waals surface area contributed by atoms with Crippen molar-refractivity contribution in [3.63, 3.8) is 0 Å². The van der Waals surface area contributed by atoms with Crippen LogP contribution in [-0.4, -0.2) is 134 Å². The fourth-order valence-electron chi connectivity index (χ4n) is 5.18. The van der Waals surface area contributed by atoms with Gasteiger partial charge in [0.15, 0.2) is 0 Å². The van der Waals surface area contributed by atoms with Crippen LogP contribution in [0.5, 0.6) is 5.75 Å². The van der Waals surface area contributed by atoms with Gasteiger partial charge in [0, 0.05) is 18.7 Å². The molecule has 0 spiro atoms. The summed E-state index contributed by atoms with van der Waals surface area (Å²) in [5, 5.41) is 11.0. The van der Waals surface area contributed by atoms with Gasteiger partial charge in [-0.1, -0.05) is 12.1 Å². The van der Waals surface area contributed by atoms with Gasteiger partial charge in [0.1, 0.15) is 24.5 Å². The third-order valence-electron chi connectivity index (χ3n) is 7.82. The van der Waals surface area contributed by atoms with Gasteiger partial charge in [0.05, 0.1) is 77.4 Å². The molecule has 15 nitrogen and oxygen atoms in total. The fraction of sp³-hybridized carbons (Fsp3) is 0.595. The van der Waals surface area contributed by atoms with Crippen LogP contribution in [0.4, 0.5) is 0 Å². The van der Waals surface area contributed by atoms with E-state index in [0.29, 0.717) is 92.0 Å². The number of hydrogen-bond acceptors (Lipinski definition) is 12. The Kier molecular flexibility index (Phi) is 19.2. The number of nitrogens with one attached hydrogen (secondary N) is 1. The number of aliphatic carboxylic acids is 1. The Morgan fingerprint density at radius 2 is 1.23 bits per heavy atom. The number of ether oxygens (including phenoxy) is 7. The molecule has 1 aliphatic heterocycles. The minimum Gasteiger partial charge on any atom is -0.491 e. The molecule has 2 aromatic rings. The van der Waals surface area contributed by atoms with Crippen LogP contribution in [0.1, 0.15) is 61.9 Å². The Labute approximate surface area is 312 Å². The van der Waals surface area contributed by atoms with Crippen LogP contribution in [0.2, 0.25) is 0 Å². The number of rotatable bonds is 25. The number of esters is 1. The monoisotopic (exact) mass is 766 g/mol. The first-order valence-corrected chi connectivity index (χ1v) is 19.2. The summed E-state index contributed by atoms with van der Waals surface area (Å²) in [6, 6.07) is 13.5. The van der Waals surface area contributed by atoms with E-state index in [1.807, 2.05) is 24.3 Å². The Balaban J connectivity index is 1.23. The molecule has 0 aromatic heterocycles. The molecule has 2 N–H and O–H groups in total. The second-order valence-corrected chi connectivity index (χ2v) is 15.0. The van der Waals surface area contributed by atoms with Gasteiger partial charge in [-0.2, -0.15) is 4.31 Å².